The van der Waals surface area contributed by atoms with Crippen molar-refractivity contribution in [2.24, 2.45) is 5.92 Å². The Balaban J connectivity index is 1.32. The number of hydrogen-bond donors (Lipinski definition) is 1. The lowest BCUT2D eigenvalue weighted by molar-refractivity contribution is -0.148. The number of amides is 3. The quantitative estimate of drug-likeness (QED) is 0.539. The van der Waals surface area contributed by atoms with Crippen molar-refractivity contribution in [1.29, 1.82) is 0 Å². The minimum absolute atomic E-state index is 0.0573. The van der Waals surface area contributed by atoms with Crippen molar-refractivity contribution in [2.45, 2.75) is 44.6 Å². The third-order valence-corrected chi connectivity index (χ3v) is 6.42. The van der Waals surface area contributed by atoms with Crippen molar-refractivity contribution in [3.63, 3.8) is 0 Å². The second kappa shape index (κ2) is 7.82. The Bertz CT molecular complexity index is 971. The fraction of sp³-hybridized carbons (Fsp3) is 0.476. The maximum absolute atomic E-state index is 12.9. The highest BCUT2D eigenvalue weighted by Crippen LogP contribution is 2.38. The largest absolute Gasteiger partial charge is 0.464 e. The number of nitrogens with zero attached hydrogens (tertiary/aromatic N) is 1. The Morgan fingerprint density at radius 1 is 1.34 bits per heavy atom. The average molecular weight is 463 g/mol. The molecule has 8 heteroatoms. The van der Waals surface area contributed by atoms with Gasteiger partial charge in [-0.1, -0.05) is 35.7 Å². The highest BCUT2D eigenvalue weighted by Gasteiger charge is 2.55. The van der Waals surface area contributed by atoms with Crippen molar-refractivity contribution in [3.05, 3.63) is 34.5 Å². The molecule has 1 spiro atoms. The number of halogens is 1. The van der Waals surface area contributed by atoms with Gasteiger partial charge in [0.1, 0.15) is 23.4 Å². The zero-order chi connectivity index (χ0) is 20.6. The molecule has 3 amide bonds. The van der Waals surface area contributed by atoms with Crippen LogP contribution in [0.1, 0.15) is 38.4 Å². The van der Waals surface area contributed by atoms with Gasteiger partial charge in [0.25, 0.3) is 5.91 Å². The molecule has 0 bridgehead atoms. The van der Waals surface area contributed by atoms with Crippen LogP contribution < -0.4 is 5.32 Å². The van der Waals surface area contributed by atoms with Gasteiger partial charge in [-0.2, -0.15) is 0 Å². The molecule has 4 rings (SSSR count). The number of esters is 1. The second-order valence-corrected chi connectivity index (χ2v) is 8.72. The van der Waals surface area contributed by atoms with E-state index in [0.29, 0.717) is 18.6 Å². The maximum atomic E-state index is 12.9. The third-order valence-electron chi connectivity index (χ3n) is 5.93. The fourth-order valence-corrected chi connectivity index (χ4v) is 4.65. The highest BCUT2D eigenvalue weighted by atomic mass is 79.9. The standard InChI is InChI=1S/C21H23BrN2O5/c1-13-4-2-3-8-21(13)19(26)24(20(27)23-21)12-18(25)28-9-7-16-11-14-10-15(22)5-6-17(14)29-16/h5-6,10-11,13H,2-4,7-9,12H2,1H3,(H,23,27)/t13-,21+/m1/s1. The minimum Gasteiger partial charge on any atom is -0.464 e. The van der Waals surface area contributed by atoms with Gasteiger partial charge in [-0.3, -0.25) is 14.5 Å². The summed E-state index contributed by atoms with van der Waals surface area (Å²) in [6.45, 7) is 1.72. The number of nitrogens with one attached hydrogen (secondary N) is 1. The molecule has 2 atom stereocenters. The molecule has 7 nitrogen and oxygen atoms in total. The summed E-state index contributed by atoms with van der Waals surface area (Å²) in [6.07, 6.45) is 3.86. The average Bonchev–Trinajstić information content (AvgIpc) is 3.18. The molecule has 0 unspecified atom stereocenters. The van der Waals surface area contributed by atoms with Crippen LogP contribution in [0.5, 0.6) is 0 Å². The maximum Gasteiger partial charge on any atom is 0.326 e. The van der Waals surface area contributed by atoms with Crippen LogP contribution in [0.25, 0.3) is 11.0 Å². The number of carbonyl (C=O) groups is 3. The predicted octanol–water partition coefficient (Wildman–Crippen LogP) is 3.78. The number of imide groups is 1. The molecular formula is C21H23BrN2O5. The first kappa shape index (κ1) is 19.9. The van der Waals surface area contributed by atoms with Gasteiger partial charge in [-0.15, -0.1) is 0 Å². The lowest BCUT2D eigenvalue weighted by atomic mass is 9.73. The first-order valence-electron chi connectivity index (χ1n) is 9.87. The monoisotopic (exact) mass is 462 g/mol. The summed E-state index contributed by atoms with van der Waals surface area (Å²) in [6, 6.07) is 7.11. The van der Waals surface area contributed by atoms with Gasteiger partial charge >= 0.3 is 12.0 Å². The minimum atomic E-state index is -0.863. The molecule has 1 aromatic carbocycles. The van der Waals surface area contributed by atoms with E-state index in [2.05, 4.69) is 21.2 Å². The van der Waals surface area contributed by atoms with Crippen molar-refractivity contribution in [1.82, 2.24) is 10.2 Å². The number of ether oxygens (including phenoxy) is 1. The topological polar surface area (TPSA) is 88.8 Å². The Kier molecular flexibility index (Phi) is 5.38. The zero-order valence-electron chi connectivity index (χ0n) is 16.2. The molecule has 1 N–H and O–H groups in total. The summed E-state index contributed by atoms with van der Waals surface area (Å²) in [4.78, 5) is 38.4. The summed E-state index contributed by atoms with van der Waals surface area (Å²) in [5, 5.41) is 3.80. The third kappa shape index (κ3) is 3.77. The summed E-state index contributed by atoms with van der Waals surface area (Å²) in [5.74, 6) is -0.153. The van der Waals surface area contributed by atoms with E-state index in [1.165, 1.54) is 0 Å². The van der Waals surface area contributed by atoms with Crippen LogP contribution in [-0.4, -0.2) is 41.5 Å². The van der Waals surface area contributed by atoms with Crippen molar-refractivity contribution in [3.8, 4) is 0 Å². The number of furan rings is 1. The van der Waals surface area contributed by atoms with Gasteiger partial charge in [0.15, 0.2) is 0 Å². The van der Waals surface area contributed by atoms with E-state index in [1.54, 1.807) is 0 Å². The molecule has 2 aliphatic rings. The molecule has 154 valence electrons. The van der Waals surface area contributed by atoms with E-state index < -0.39 is 17.5 Å². The van der Waals surface area contributed by atoms with Gasteiger partial charge in [-0.05, 0) is 43.0 Å². The number of urea groups is 1. The fourth-order valence-electron chi connectivity index (χ4n) is 4.27. The van der Waals surface area contributed by atoms with E-state index in [4.69, 9.17) is 9.15 Å². The van der Waals surface area contributed by atoms with E-state index in [9.17, 15) is 14.4 Å². The number of hydrogen-bond acceptors (Lipinski definition) is 5. The smallest absolute Gasteiger partial charge is 0.326 e. The van der Waals surface area contributed by atoms with Gasteiger partial charge in [0.2, 0.25) is 0 Å². The number of rotatable bonds is 5. The van der Waals surface area contributed by atoms with Crippen LogP contribution in [0.3, 0.4) is 0 Å². The van der Waals surface area contributed by atoms with Crippen LogP contribution >= 0.6 is 15.9 Å². The summed E-state index contributed by atoms with van der Waals surface area (Å²) in [7, 11) is 0. The van der Waals surface area contributed by atoms with Crippen molar-refractivity contribution in [2.75, 3.05) is 13.2 Å². The number of fused-ring (bicyclic) bond motifs is 1. The molecule has 0 radical (unpaired) electrons. The Morgan fingerprint density at radius 2 is 2.17 bits per heavy atom. The molecule has 2 aromatic rings. The molecule has 1 saturated carbocycles. The van der Waals surface area contributed by atoms with E-state index in [1.807, 2.05) is 31.2 Å². The van der Waals surface area contributed by atoms with Gasteiger partial charge in [0.05, 0.1) is 6.61 Å². The van der Waals surface area contributed by atoms with Crippen LogP contribution in [0.4, 0.5) is 4.79 Å². The molecule has 2 heterocycles. The van der Waals surface area contributed by atoms with Gasteiger partial charge < -0.3 is 14.5 Å². The van der Waals surface area contributed by atoms with E-state index in [-0.39, 0.29) is 25.0 Å². The Labute approximate surface area is 176 Å². The molecule has 1 aliphatic heterocycles. The van der Waals surface area contributed by atoms with Crippen LogP contribution in [0.15, 0.2) is 33.2 Å². The Morgan fingerprint density at radius 3 is 2.97 bits per heavy atom. The van der Waals surface area contributed by atoms with Crippen LogP contribution in [0, 0.1) is 5.92 Å². The SMILES string of the molecule is C[C@@H]1CCCC[C@]12NC(=O)N(CC(=O)OCCc1cc3cc(Br)ccc3o1)C2=O. The first-order chi connectivity index (χ1) is 13.9. The van der Waals surface area contributed by atoms with Crippen LogP contribution in [0.2, 0.25) is 0 Å². The molecule has 2 fully saturated rings. The lowest BCUT2D eigenvalue weighted by Crippen LogP contribution is -2.54. The predicted molar refractivity (Wildman–Crippen MR) is 109 cm³/mol. The van der Waals surface area contributed by atoms with Crippen molar-refractivity contribution >= 4 is 44.8 Å². The highest BCUT2D eigenvalue weighted by molar-refractivity contribution is 9.10. The number of carbonyl (C=O) groups excluding carboxylic acids is 3. The second-order valence-electron chi connectivity index (χ2n) is 7.80. The molecule has 1 aromatic heterocycles. The van der Waals surface area contributed by atoms with Gasteiger partial charge in [-0.25, -0.2) is 4.79 Å². The molecule has 1 saturated heterocycles. The summed E-state index contributed by atoms with van der Waals surface area (Å²) < 4.78 is 11.9. The Hall–Kier alpha value is -2.35. The van der Waals surface area contributed by atoms with Crippen molar-refractivity contribution < 1.29 is 23.5 Å². The molecule has 1 aliphatic carbocycles. The van der Waals surface area contributed by atoms with E-state index in [0.717, 1.165) is 39.6 Å². The van der Waals surface area contributed by atoms with Crippen LogP contribution in [-0.2, 0) is 20.7 Å². The number of benzene rings is 1. The normalized spacial score (nSPS) is 24.3. The zero-order valence-corrected chi connectivity index (χ0v) is 17.8. The first-order valence-corrected chi connectivity index (χ1v) is 10.7. The lowest BCUT2D eigenvalue weighted by Gasteiger charge is -2.36. The molecule has 29 heavy (non-hydrogen) atoms. The summed E-state index contributed by atoms with van der Waals surface area (Å²) >= 11 is 3.42. The summed E-state index contributed by atoms with van der Waals surface area (Å²) in [5.41, 5.74) is -0.0983. The molecular weight excluding hydrogens is 440 g/mol. The van der Waals surface area contributed by atoms with E-state index >= 15 is 0 Å². The van der Waals surface area contributed by atoms with Gasteiger partial charge in [0, 0.05) is 16.3 Å².